The van der Waals surface area contributed by atoms with Crippen LogP contribution in [0.4, 0.5) is 10.9 Å². The van der Waals surface area contributed by atoms with Gasteiger partial charge in [0.15, 0.2) is 10.9 Å². The van der Waals surface area contributed by atoms with Crippen LogP contribution < -0.4 is 15.0 Å². The summed E-state index contributed by atoms with van der Waals surface area (Å²) in [6.07, 6.45) is 3.28. The second kappa shape index (κ2) is 6.69. The number of hydrogen-bond acceptors (Lipinski definition) is 7. The largest absolute Gasteiger partial charge is 0.480 e. The molecule has 1 N–H and O–H groups in total. The fourth-order valence-electron chi connectivity index (χ4n) is 2.45. The fourth-order valence-corrected chi connectivity index (χ4v) is 2.99. The third-order valence-corrected chi connectivity index (χ3v) is 4.38. The molecule has 0 saturated carbocycles. The molecule has 1 fully saturated rings. The number of nitrogens with one attached hydrogen (secondary N) is 1. The smallest absolute Gasteiger partial charge is 0.233 e. The van der Waals surface area contributed by atoms with E-state index >= 15 is 0 Å². The highest BCUT2D eigenvalue weighted by Crippen LogP contribution is 2.23. The van der Waals surface area contributed by atoms with Gasteiger partial charge in [-0.3, -0.25) is 4.79 Å². The standard InChI is InChI=1S/C14H17N5O2S/c1-21-12-3-2-11(17-18-12)19-7-4-10(5-8-19)13(20)16-14-15-6-9-22-14/h2-3,6,9-10H,4-5,7-8H2,1H3,(H,15,16,20). The van der Waals surface area contributed by atoms with Crippen molar-refractivity contribution < 1.29 is 9.53 Å². The highest BCUT2D eigenvalue weighted by Gasteiger charge is 2.26. The van der Waals surface area contributed by atoms with Crippen LogP contribution in [0.2, 0.25) is 0 Å². The number of nitrogens with zero attached hydrogens (tertiary/aromatic N) is 4. The van der Waals surface area contributed by atoms with Gasteiger partial charge in [0, 0.05) is 36.7 Å². The van der Waals surface area contributed by atoms with Crippen LogP contribution in [-0.2, 0) is 4.79 Å². The number of ether oxygens (including phenoxy) is 1. The van der Waals surface area contributed by atoms with Gasteiger partial charge in [-0.15, -0.1) is 21.5 Å². The molecule has 0 atom stereocenters. The highest BCUT2D eigenvalue weighted by atomic mass is 32.1. The summed E-state index contributed by atoms with van der Waals surface area (Å²) in [6, 6.07) is 3.69. The molecule has 0 unspecified atom stereocenters. The van der Waals surface area contributed by atoms with Crippen molar-refractivity contribution in [1.82, 2.24) is 15.2 Å². The molecule has 2 aromatic heterocycles. The van der Waals surface area contributed by atoms with Gasteiger partial charge in [0.25, 0.3) is 0 Å². The Morgan fingerprint density at radius 1 is 1.36 bits per heavy atom. The summed E-state index contributed by atoms with van der Waals surface area (Å²) in [6.45, 7) is 1.58. The maximum Gasteiger partial charge on any atom is 0.233 e. The van der Waals surface area contributed by atoms with Crippen molar-refractivity contribution in [2.75, 3.05) is 30.4 Å². The summed E-state index contributed by atoms with van der Waals surface area (Å²) in [5, 5.41) is 13.5. The van der Waals surface area contributed by atoms with Gasteiger partial charge in [-0.2, -0.15) is 0 Å². The number of thiazole rings is 1. The molecule has 1 saturated heterocycles. The van der Waals surface area contributed by atoms with E-state index in [4.69, 9.17) is 4.74 Å². The van der Waals surface area contributed by atoms with E-state index in [0.29, 0.717) is 11.0 Å². The van der Waals surface area contributed by atoms with Gasteiger partial charge in [0.1, 0.15) is 0 Å². The molecule has 1 aliphatic heterocycles. The zero-order valence-corrected chi connectivity index (χ0v) is 13.0. The molecule has 0 radical (unpaired) electrons. The molecule has 2 aromatic rings. The molecule has 3 rings (SSSR count). The molecule has 0 aromatic carbocycles. The van der Waals surface area contributed by atoms with Crippen LogP contribution in [0, 0.1) is 5.92 Å². The number of anilines is 2. The number of piperidine rings is 1. The van der Waals surface area contributed by atoms with Crippen LogP contribution in [0.3, 0.4) is 0 Å². The van der Waals surface area contributed by atoms with E-state index in [1.165, 1.54) is 11.3 Å². The van der Waals surface area contributed by atoms with E-state index in [9.17, 15) is 4.79 Å². The average molecular weight is 319 g/mol. The maximum absolute atomic E-state index is 12.2. The molecule has 0 bridgehead atoms. The van der Waals surface area contributed by atoms with Crippen LogP contribution in [-0.4, -0.2) is 41.3 Å². The van der Waals surface area contributed by atoms with Crippen molar-refractivity contribution in [1.29, 1.82) is 0 Å². The van der Waals surface area contributed by atoms with Crippen LogP contribution in [0.5, 0.6) is 5.88 Å². The lowest BCUT2D eigenvalue weighted by Gasteiger charge is -2.31. The lowest BCUT2D eigenvalue weighted by molar-refractivity contribution is -0.120. The molecule has 0 aliphatic carbocycles. The Morgan fingerprint density at radius 2 is 2.18 bits per heavy atom. The average Bonchev–Trinajstić information content (AvgIpc) is 3.08. The van der Waals surface area contributed by atoms with E-state index in [0.717, 1.165) is 31.7 Å². The lowest BCUT2D eigenvalue weighted by atomic mass is 9.96. The zero-order valence-electron chi connectivity index (χ0n) is 12.2. The first-order valence-corrected chi connectivity index (χ1v) is 7.97. The number of rotatable bonds is 4. The number of carbonyl (C=O) groups is 1. The number of methoxy groups -OCH3 is 1. The first-order valence-electron chi connectivity index (χ1n) is 7.09. The minimum Gasteiger partial charge on any atom is -0.480 e. The predicted octanol–water partition coefficient (Wildman–Crippen LogP) is 1.80. The maximum atomic E-state index is 12.2. The van der Waals surface area contributed by atoms with Crippen molar-refractivity contribution >= 4 is 28.2 Å². The summed E-state index contributed by atoms with van der Waals surface area (Å²) in [4.78, 5) is 18.4. The Balaban J connectivity index is 1.54. The third-order valence-electron chi connectivity index (χ3n) is 3.69. The van der Waals surface area contributed by atoms with Gasteiger partial charge in [-0.05, 0) is 18.9 Å². The van der Waals surface area contributed by atoms with Crippen LogP contribution in [0.1, 0.15) is 12.8 Å². The van der Waals surface area contributed by atoms with Crippen molar-refractivity contribution in [2.24, 2.45) is 5.92 Å². The molecule has 1 amide bonds. The summed E-state index contributed by atoms with van der Waals surface area (Å²) in [5.41, 5.74) is 0. The molecule has 7 nitrogen and oxygen atoms in total. The molecule has 8 heteroatoms. The van der Waals surface area contributed by atoms with Crippen LogP contribution in [0.15, 0.2) is 23.7 Å². The minimum absolute atomic E-state index is 0.0198. The van der Waals surface area contributed by atoms with E-state index in [-0.39, 0.29) is 11.8 Å². The quantitative estimate of drug-likeness (QED) is 0.925. The Morgan fingerprint density at radius 3 is 2.77 bits per heavy atom. The second-order valence-electron chi connectivity index (χ2n) is 5.02. The fraction of sp³-hybridized carbons (Fsp3) is 0.429. The number of amides is 1. The Bertz CT molecular complexity index is 609. The summed E-state index contributed by atoms with van der Waals surface area (Å²) in [7, 11) is 1.57. The van der Waals surface area contributed by atoms with Crippen molar-refractivity contribution in [3.8, 4) is 5.88 Å². The number of carbonyl (C=O) groups excluding carboxylic acids is 1. The Hall–Kier alpha value is -2.22. The molecular formula is C14H17N5O2S. The molecular weight excluding hydrogens is 302 g/mol. The van der Waals surface area contributed by atoms with Gasteiger partial charge < -0.3 is 15.0 Å². The highest BCUT2D eigenvalue weighted by molar-refractivity contribution is 7.13. The van der Waals surface area contributed by atoms with E-state index in [2.05, 4.69) is 25.4 Å². The first kappa shape index (κ1) is 14.7. The first-order chi connectivity index (χ1) is 10.8. The third kappa shape index (κ3) is 3.33. The van der Waals surface area contributed by atoms with Gasteiger partial charge in [0.05, 0.1) is 7.11 Å². The Labute approximate surface area is 132 Å². The minimum atomic E-state index is 0.0198. The molecule has 0 spiro atoms. The normalized spacial score (nSPS) is 15.6. The van der Waals surface area contributed by atoms with Crippen LogP contribution >= 0.6 is 11.3 Å². The molecule has 22 heavy (non-hydrogen) atoms. The Kier molecular flexibility index (Phi) is 4.47. The molecule has 116 valence electrons. The van der Waals surface area contributed by atoms with Gasteiger partial charge in [-0.25, -0.2) is 4.98 Å². The topological polar surface area (TPSA) is 80.2 Å². The zero-order chi connectivity index (χ0) is 15.4. The number of hydrogen-bond donors (Lipinski definition) is 1. The van der Waals surface area contributed by atoms with Crippen molar-refractivity contribution in [2.45, 2.75) is 12.8 Å². The lowest BCUT2D eigenvalue weighted by Crippen LogP contribution is -2.38. The van der Waals surface area contributed by atoms with Crippen molar-refractivity contribution in [3.63, 3.8) is 0 Å². The van der Waals surface area contributed by atoms with E-state index in [1.54, 1.807) is 19.4 Å². The summed E-state index contributed by atoms with van der Waals surface area (Å²) >= 11 is 1.43. The van der Waals surface area contributed by atoms with Gasteiger partial charge >= 0.3 is 0 Å². The monoisotopic (exact) mass is 319 g/mol. The summed E-state index contributed by atoms with van der Waals surface area (Å²) in [5.74, 6) is 1.39. The number of aromatic nitrogens is 3. The van der Waals surface area contributed by atoms with Gasteiger partial charge in [0.2, 0.25) is 11.8 Å². The van der Waals surface area contributed by atoms with Gasteiger partial charge in [-0.1, -0.05) is 0 Å². The molecule has 3 heterocycles. The predicted molar refractivity (Wildman–Crippen MR) is 84.3 cm³/mol. The SMILES string of the molecule is COc1ccc(N2CCC(C(=O)Nc3nccs3)CC2)nn1. The van der Waals surface area contributed by atoms with E-state index in [1.807, 2.05) is 11.4 Å². The summed E-state index contributed by atoms with van der Waals surface area (Å²) < 4.78 is 5.00. The second-order valence-corrected chi connectivity index (χ2v) is 5.92. The van der Waals surface area contributed by atoms with Crippen LogP contribution in [0.25, 0.3) is 0 Å². The van der Waals surface area contributed by atoms with Crippen molar-refractivity contribution in [3.05, 3.63) is 23.7 Å². The molecule has 1 aliphatic rings. The van der Waals surface area contributed by atoms with E-state index < -0.39 is 0 Å².